The van der Waals surface area contributed by atoms with Crippen LogP contribution in [0.3, 0.4) is 0 Å². The van der Waals surface area contributed by atoms with Crippen LogP contribution in [-0.2, 0) is 24.3 Å². The Kier molecular flexibility index (Phi) is 5.56. The van der Waals surface area contributed by atoms with Crippen LogP contribution >= 0.6 is 0 Å². The predicted molar refractivity (Wildman–Crippen MR) is 108 cm³/mol. The van der Waals surface area contributed by atoms with Crippen molar-refractivity contribution in [2.75, 3.05) is 32.8 Å². The first kappa shape index (κ1) is 19.8. The first-order valence-electron chi connectivity index (χ1n) is 9.88. The van der Waals surface area contributed by atoms with E-state index in [1.807, 2.05) is 24.3 Å². The summed E-state index contributed by atoms with van der Waals surface area (Å²) < 4.78 is 32.5. The summed E-state index contributed by atoms with van der Waals surface area (Å²) in [5, 5.41) is 1.86. The molecule has 0 radical (unpaired) electrons. The second kappa shape index (κ2) is 8.12. The van der Waals surface area contributed by atoms with E-state index < -0.39 is 10.0 Å². The Morgan fingerprint density at radius 3 is 2.31 bits per heavy atom. The van der Waals surface area contributed by atoms with Gasteiger partial charge in [0.05, 0.1) is 10.8 Å². The Morgan fingerprint density at radius 2 is 1.66 bits per heavy atom. The third-order valence-corrected chi connectivity index (χ3v) is 7.62. The molecule has 8 heteroatoms. The molecule has 0 spiro atoms. The van der Waals surface area contributed by atoms with E-state index in [2.05, 4.69) is 0 Å². The molecule has 2 aliphatic rings. The standard InChI is InChI=1S/C21H24N2O5S/c24-20(15-28-21(25)17-6-3-7-17)22-10-12-23(13-11-22)29(26,27)19-9-8-16-4-1-2-5-18(16)14-19/h1-2,4-5,8-9,14,17H,3,6-7,10-13,15H2. The van der Waals surface area contributed by atoms with E-state index in [1.165, 1.54) is 4.31 Å². The van der Waals surface area contributed by atoms with Crippen LogP contribution in [0.1, 0.15) is 19.3 Å². The lowest BCUT2D eigenvalue weighted by Crippen LogP contribution is -2.51. The third kappa shape index (κ3) is 4.13. The molecule has 4 rings (SSSR count). The monoisotopic (exact) mass is 416 g/mol. The fourth-order valence-electron chi connectivity index (χ4n) is 3.64. The molecule has 0 N–H and O–H groups in total. The average Bonchev–Trinajstić information content (AvgIpc) is 2.70. The van der Waals surface area contributed by atoms with Gasteiger partial charge in [-0.15, -0.1) is 0 Å². The zero-order chi connectivity index (χ0) is 20.4. The maximum Gasteiger partial charge on any atom is 0.309 e. The van der Waals surface area contributed by atoms with Crippen LogP contribution in [0.15, 0.2) is 47.4 Å². The molecule has 1 saturated carbocycles. The van der Waals surface area contributed by atoms with Gasteiger partial charge in [0.25, 0.3) is 5.91 Å². The van der Waals surface area contributed by atoms with Crippen LogP contribution < -0.4 is 0 Å². The maximum absolute atomic E-state index is 13.0. The number of carbonyl (C=O) groups is 2. The van der Waals surface area contributed by atoms with Gasteiger partial charge in [-0.2, -0.15) is 4.31 Å². The number of benzene rings is 2. The molecule has 1 aliphatic heterocycles. The van der Waals surface area contributed by atoms with Crippen molar-refractivity contribution < 1.29 is 22.7 Å². The zero-order valence-corrected chi connectivity index (χ0v) is 16.9. The molecule has 2 fully saturated rings. The van der Waals surface area contributed by atoms with E-state index in [9.17, 15) is 18.0 Å². The van der Waals surface area contributed by atoms with Gasteiger partial charge in [-0.05, 0) is 35.7 Å². The molecule has 7 nitrogen and oxygen atoms in total. The van der Waals surface area contributed by atoms with Gasteiger partial charge in [-0.3, -0.25) is 9.59 Å². The van der Waals surface area contributed by atoms with Crippen LogP contribution in [0.5, 0.6) is 0 Å². The van der Waals surface area contributed by atoms with Crippen LogP contribution in [0.2, 0.25) is 0 Å². The second-order valence-electron chi connectivity index (χ2n) is 7.53. The maximum atomic E-state index is 13.0. The second-order valence-corrected chi connectivity index (χ2v) is 9.47. The van der Waals surface area contributed by atoms with Crippen LogP contribution in [-0.4, -0.2) is 62.3 Å². The number of fused-ring (bicyclic) bond motifs is 1. The van der Waals surface area contributed by atoms with Crippen molar-refractivity contribution in [3.05, 3.63) is 42.5 Å². The molecule has 1 saturated heterocycles. The number of hydrogen-bond acceptors (Lipinski definition) is 5. The van der Waals surface area contributed by atoms with Gasteiger partial charge in [0, 0.05) is 26.2 Å². The van der Waals surface area contributed by atoms with Crippen LogP contribution in [0.25, 0.3) is 10.8 Å². The minimum Gasteiger partial charge on any atom is -0.455 e. The number of amides is 1. The number of hydrogen-bond donors (Lipinski definition) is 0. The third-order valence-electron chi connectivity index (χ3n) is 5.73. The van der Waals surface area contributed by atoms with Crippen molar-refractivity contribution in [2.24, 2.45) is 5.92 Å². The molecule has 2 aromatic rings. The van der Waals surface area contributed by atoms with E-state index in [0.717, 1.165) is 30.0 Å². The van der Waals surface area contributed by atoms with E-state index in [4.69, 9.17) is 4.74 Å². The minimum atomic E-state index is -3.63. The Balaban J connectivity index is 1.35. The number of sulfonamides is 1. The number of ether oxygens (including phenoxy) is 1. The predicted octanol–water partition coefficient (Wildman–Crippen LogP) is 2.02. The summed E-state index contributed by atoms with van der Waals surface area (Å²) >= 11 is 0. The lowest BCUT2D eigenvalue weighted by Gasteiger charge is -2.34. The lowest BCUT2D eigenvalue weighted by atomic mass is 9.86. The van der Waals surface area contributed by atoms with E-state index in [1.54, 1.807) is 23.1 Å². The van der Waals surface area contributed by atoms with E-state index in [0.29, 0.717) is 0 Å². The van der Waals surface area contributed by atoms with Crippen molar-refractivity contribution in [1.82, 2.24) is 9.21 Å². The molecule has 0 unspecified atom stereocenters. The highest BCUT2D eigenvalue weighted by Crippen LogP contribution is 2.27. The van der Waals surface area contributed by atoms with Gasteiger partial charge in [0.2, 0.25) is 10.0 Å². The Morgan fingerprint density at radius 1 is 0.966 bits per heavy atom. The van der Waals surface area contributed by atoms with E-state index in [-0.39, 0.29) is 55.5 Å². The molecule has 1 aliphatic carbocycles. The highest BCUT2D eigenvalue weighted by molar-refractivity contribution is 7.89. The average molecular weight is 416 g/mol. The minimum absolute atomic E-state index is 0.0632. The van der Waals surface area contributed by atoms with E-state index >= 15 is 0 Å². The molecule has 0 aromatic heterocycles. The van der Waals surface area contributed by atoms with Crippen molar-refractivity contribution in [1.29, 1.82) is 0 Å². The lowest BCUT2D eigenvalue weighted by molar-refractivity contribution is -0.158. The van der Waals surface area contributed by atoms with Gasteiger partial charge in [-0.1, -0.05) is 36.8 Å². The molecule has 29 heavy (non-hydrogen) atoms. The van der Waals surface area contributed by atoms with Crippen LogP contribution in [0.4, 0.5) is 0 Å². The molecule has 0 bridgehead atoms. The number of esters is 1. The van der Waals surface area contributed by atoms with Crippen molar-refractivity contribution >= 4 is 32.7 Å². The zero-order valence-electron chi connectivity index (χ0n) is 16.1. The normalized spacial score (nSPS) is 18.4. The first-order valence-corrected chi connectivity index (χ1v) is 11.3. The Hall–Kier alpha value is -2.45. The smallest absolute Gasteiger partial charge is 0.309 e. The van der Waals surface area contributed by atoms with Crippen molar-refractivity contribution in [2.45, 2.75) is 24.2 Å². The van der Waals surface area contributed by atoms with Gasteiger partial charge >= 0.3 is 5.97 Å². The van der Waals surface area contributed by atoms with Gasteiger partial charge in [0.1, 0.15) is 0 Å². The summed E-state index contributed by atoms with van der Waals surface area (Å²) in [6, 6.07) is 12.7. The van der Waals surface area contributed by atoms with Gasteiger partial charge in [-0.25, -0.2) is 8.42 Å². The quantitative estimate of drug-likeness (QED) is 0.697. The number of carbonyl (C=O) groups excluding carboxylic acids is 2. The largest absolute Gasteiger partial charge is 0.455 e. The number of piperazine rings is 1. The summed E-state index contributed by atoms with van der Waals surface area (Å²) in [5.74, 6) is -0.644. The fourth-order valence-corrected chi connectivity index (χ4v) is 5.10. The van der Waals surface area contributed by atoms with Gasteiger partial charge < -0.3 is 9.64 Å². The Bertz CT molecular complexity index is 1020. The van der Waals surface area contributed by atoms with Crippen molar-refractivity contribution in [3.63, 3.8) is 0 Å². The molecule has 154 valence electrons. The highest BCUT2D eigenvalue weighted by atomic mass is 32.2. The fraction of sp³-hybridized carbons (Fsp3) is 0.429. The number of nitrogens with zero attached hydrogens (tertiary/aromatic N) is 2. The summed E-state index contributed by atoms with van der Waals surface area (Å²) in [6.07, 6.45) is 2.69. The SMILES string of the molecule is O=C(OCC(=O)N1CCN(S(=O)(=O)c2ccc3ccccc3c2)CC1)C1CCC1. The van der Waals surface area contributed by atoms with Crippen molar-refractivity contribution in [3.8, 4) is 0 Å². The number of rotatable bonds is 5. The molecule has 2 aromatic carbocycles. The highest BCUT2D eigenvalue weighted by Gasteiger charge is 2.31. The molecular formula is C21H24N2O5S. The summed E-state index contributed by atoms with van der Waals surface area (Å²) in [6.45, 7) is 0.737. The van der Waals surface area contributed by atoms with Gasteiger partial charge in [0.15, 0.2) is 6.61 Å². The molecular weight excluding hydrogens is 392 g/mol. The molecule has 0 atom stereocenters. The molecule has 1 amide bonds. The Labute approximate surface area is 170 Å². The molecule has 1 heterocycles. The summed E-state index contributed by atoms with van der Waals surface area (Å²) in [7, 11) is -3.63. The summed E-state index contributed by atoms with van der Waals surface area (Å²) in [4.78, 5) is 25.9. The topological polar surface area (TPSA) is 84.0 Å². The van der Waals surface area contributed by atoms with Crippen LogP contribution in [0, 0.1) is 5.92 Å². The summed E-state index contributed by atoms with van der Waals surface area (Å²) in [5.41, 5.74) is 0. The first-order chi connectivity index (χ1) is 13.9.